The summed E-state index contributed by atoms with van der Waals surface area (Å²) in [6, 6.07) is 4.76. The van der Waals surface area contributed by atoms with Crippen molar-refractivity contribution >= 4 is 23.5 Å². The van der Waals surface area contributed by atoms with E-state index in [2.05, 4.69) is 4.98 Å². The summed E-state index contributed by atoms with van der Waals surface area (Å²) in [6.45, 7) is -0.236. The van der Waals surface area contributed by atoms with Gasteiger partial charge in [-0.1, -0.05) is 0 Å². The van der Waals surface area contributed by atoms with Crippen LogP contribution in [0.4, 0.5) is 29.5 Å². The van der Waals surface area contributed by atoms with Crippen LogP contribution in [0.2, 0.25) is 0 Å². The van der Waals surface area contributed by atoms with E-state index in [4.69, 9.17) is 9.84 Å². The van der Waals surface area contributed by atoms with Crippen LogP contribution in [0, 0.1) is 11.6 Å². The average Bonchev–Trinajstić information content (AvgIpc) is 3.24. The van der Waals surface area contributed by atoms with Gasteiger partial charge >= 0.3 is 6.09 Å². The first-order valence-corrected chi connectivity index (χ1v) is 8.89. The first-order chi connectivity index (χ1) is 13.9. The smallest absolute Gasteiger partial charge is 0.414 e. The Bertz CT molecular complexity index is 947. The summed E-state index contributed by atoms with van der Waals surface area (Å²) in [5.41, 5.74) is -0.267. The maximum absolute atomic E-state index is 14.7. The molecule has 1 aromatic heterocycles. The number of alkyl halides is 1. The minimum Gasteiger partial charge on any atom is -0.441 e. The monoisotopic (exact) mass is 407 g/mol. The highest BCUT2D eigenvalue weighted by molar-refractivity contribution is 5.98. The summed E-state index contributed by atoms with van der Waals surface area (Å²) < 4.78 is 47.6. The Hall–Kier alpha value is -3.14. The summed E-state index contributed by atoms with van der Waals surface area (Å²) in [5.74, 6) is -2.33. The predicted molar refractivity (Wildman–Crippen MR) is 96.2 cm³/mol. The third kappa shape index (κ3) is 3.39. The first kappa shape index (κ1) is 19.2. The molecule has 1 N–H and O–H groups in total. The van der Waals surface area contributed by atoms with Gasteiger partial charge in [0.05, 0.1) is 24.4 Å². The second-order valence-corrected chi connectivity index (χ2v) is 6.73. The van der Waals surface area contributed by atoms with E-state index in [9.17, 15) is 22.8 Å². The lowest BCUT2D eigenvalue weighted by Gasteiger charge is -2.16. The summed E-state index contributed by atoms with van der Waals surface area (Å²) in [4.78, 5) is 29.8. The summed E-state index contributed by atoms with van der Waals surface area (Å²) in [5, 5.41) is 9.08. The molecule has 0 radical (unpaired) electrons. The molecule has 4 rings (SSSR count). The van der Waals surface area contributed by atoms with E-state index in [0.29, 0.717) is 0 Å². The number of aliphatic hydroxyl groups is 1. The van der Waals surface area contributed by atoms with Gasteiger partial charge in [0.25, 0.3) is 5.91 Å². The van der Waals surface area contributed by atoms with E-state index < -0.39 is 42.5 Å². The molecule has 2 aromatic rings. The van der Waals surface area contributed by atoms with Crippen LogP contribution in [0.25, 0.3) is 11.1 Å². The maximum atomic E-state index is 14.7. The molecule has 10 heteroatoms. The number of rotatable bonds is 4. The summed E-state index contributed by atoms with van der Waals surface area (Å²) >= 11 is 0. The molecule has 1 aromatic carbocycles. The molecule has 0 bridgehead atoms. The molecule has 0 aliphatic carbocycles. The van der Waals surface area contributed by atoms with Gasteiger partial charge in [0, 0.05) is 24.7 Å². The summed E-state index contributed by atoms with van der Waals surface area (Å²) in [6.07, 6.45) is -1.86. The number of halogens is 3. The average molecular weight is 407 g/mol. The van der Waals surface area contributed by atoms with Gasteiger partial charge < -0.3 is 9.84 Å². The van der Waals surface area contributed by atoms with Gasteiger partial charge in [-0.3, -0.25) is 14.6 Å². The van der Waals surface area contributed by atoms with Gasteiger partial charge in [-0.2, -0.15) is 0 Å². The van der Waals surface area contributed by atoms with Crippen LogP contribution in [0.3, 0.4) is 0 Å². The molecular weight excluding hydrogens is 391 g/mol. The Labute approximate surface area is 163 Å². The SMILES string of the molecule is O=C1O[C@@H](CO)CN1c1cc(F)c(-c2ccc(N3CCC(F)C3=O)nc2)c(F)c1. The number of hydrogen-bond acceptors (Lipinski definition) is 5. The Kier molecular flexibility index (Phi) is 4.87. The van der Waals surface area contributed by atoms with Crippen LogP contribution < -0.4 is 9.80 Å². The molecule has 152 valence electrons. The molecule has 2 fully saturated rings. The maximum Gasteiger partial charge on any atom is 0.414 e. The van der Waals surface area contributed by atoms with Gasteiger partial charge in [0.2, 0.25) is 0 Å². The number of cyclic esters (lactones) is 1. The largest absolute Gasteiger partial charge is 0.441 e. The van der Waals surface area contributed by atoms with Crippen LogP contribution in [0.1, 0.15) is 6.42 Å². The fraction of sp³-hybridized carbons (Fsp3) is 0.316. The number of aliphatic hydroxyl groups excluding tert-OH is 1. The molecule has 0 spiro atoms. The number of ether oxygens (including phenoxy) is 1. The zero-order valence-corrected chi connectivity index (χ0v) is 15.0. The Morgan fingerprint density at radius 3 is 2.41 bits per heavy atom. The zero-order chi connectivity index (χ0) is 20.7. The number of pyridine rings is 1. The number of anilines is 2. The topological polar surface area (TPSA) is 83.0 Å². The lowest BCUT2D eigenvalue weighted by molar-refractivity contribution is -0.121. The molecule has 2 amide bonds. The van der Waals surface area contributed by atoms with Crippen LogP contribution in [0.5, 0.6) is 0 Å². The number of carbonyl (C=O) groups is 2. The van der Waals surface area contributed by atoms with Gasteiger partial charge in [0.1, 0.15) is 23.6 Å². The minimum atomic E-state index is -1.57. The van der Waals surface area contributed by atoms with Gasteiger partial charge in [-0.05, 0) is 24.3 Å². The predicted octanol–water partition coefficient (Wildman–Crippen LogP) is 2.42. The van der Waals surface area contributed by atoms with Gasteiger partial charge in [0.15, 0.2) is 6.17 Å². The van der Waals surface area contributed by atoms with Crippen molar-refractivity contribution < 1.29 is 32.6 Å². The second-order valence-electron chi connectivity index (χ2n) is 6.73. The molecule has 29 heavy (non-hydrogen) atoms. The fourth-order valence-corrected chi connectivity index (χ4v) is 3.39. The van der Waals surface area contributed by atoms with E-state index in [0.717, 1.165) is 17.0 Å². The standard InChI is InChI=1S/C19H16F3N3O4/c20-13-3-4-24(18(13)27)16-2-1-10(7-23-16)17-14(21)5-11(6-15(17)22)25-8-12(9-26)29-19(25)28/h1-2,5-7,12-13,26H,3-4,8-9H2/t12-,13?/m1/s1. The molecule has 7 nitrogen and oxygen atoms in total. The molecule has 3 heterocycles. The van der Waals surface area contributed by atoms with Crippen molar-refractivity contribution in [2.24, 2.45) is 0 Å². The third-order valence-corrected chi connectivity index (χ3v) is 4.87. The number of carbonyl (C=O) groups excluding carboxylic acids is 2. The van der Waals surface area contributed by atoms with Crippen LogP contribution in [-0.4, -0.2) is 54.1 Å². The lowest BCUT2D eigenvalue weighted by atomic mass is 10.1. The normalized spacial score (nSPS) is 21.8. The summed E-state index contributed by atoms with van der Waals surface area (Å²) in [7, 11) is 0. The fourth-order valence-electron chi connectivity index (χ4n) is 3.39. The molecular formula is C19H16F3N3O4. The van der Waals surface area contributed by atoms with E-state index in [1.54, 1.807) is 0 Å². The molecule has 2 aliphatic rings. The van der Waals surface area contributed by atoms with Crippen LogP contribution in [-0.2, 0) is 9.53 Å². The van der Waals surface area contributed by atoms with Crippen LogP contribution >= 0.6 is 0 Å². The van der Waals surface area contributed by atoms with Gasteiger partial charge in [-0.25, -0.2) is 22.9 Å². The van der Waals surface area contributed by atoms with Crippen molar-refractivity contribution in [3.63, 3.8) is 0 Å². The number of amides is 2. The molecule has 1 unspecified atom stereocenters. The quantitative estimate of drug-likeness (QED) is 0.842. The molecule has 2 saturated heterocycles. The zero-order valence-electron chi connectivity index (χ0n) is 15.0. The van der Waals surface area contributed by atoms with E-state index in [1.165, 1.54) is 23.2 Å². The van der Waals surface area contributed by atoms with Crippen LogP contribution in [0.15, 0.2) is 30.5 Å². The number of benzene rings is 1. The first-order valence-electron chi connectivity index (χ1n) is 8.89. The van der Waals surface area contributed by atoms with Crippen molar-refractivity contribution in [3.05, 3.63) is 42.1 Å². The number of nitrogens with zero attached hydrogens (tertiary/aromatic N) is 3. The Morgan fingerprint density at radius 2 is 1.90 bits per heavy atom. The minimum absolute atomic E-state index is 0.0246. The molecule has 0 saturated carbocycles. The van der Waals surface area contributed by atoms with Crippen molar-refractivity contribution in [1.82, 2.24) is 4.98 Å². The highest BCUT2D eigenvalue weighted by Crippen LogP contribution is 2.32. The van der Waals surface area contributed by atoms with E-state index >= 15 is 0 Å². The highest BCUT2D eigenvalue weighted by Gasteiger charge is 2.34. The Morgan fingerprint density at radius 1 is 1.17 bits per heavy atom. The van der Waals surface area contributed by atoms with Crippen molar-refractivity contribution in [1.29, 1.82) is 0 Å². The third-order valence-electron chi connectivity index (χ3n) is 4.87. The lowest BCUT2D eigenvalue weighted by Crippen LogP contribution is -2.28. The second kappa shape index (κ2) is 7.36. The van der Waals surface area contributed by atoms with E-state index in [-0.39, 0.29) is 42.1 Å². The Balaban J connectivity index is 1.61. The van der Waals surface area contributed by atoms with E-state index in [1.807, 2.05) is 0 Å². The van der Waals surface area contributed by atoms with Crippen molar-refractivity contribution in [2.45, 2.75) is 18.7 Å². The molecule has 2 aliphatic heterocycles. The molecule has 2 atom stereocenters. The van der Waals surface area contributed by atoms with Gasteiger partial charge in [-0.15, -0.1) is 0 Å². The van der Waals surface area contributed by atoms with Crippen molar-refractivity contribution in [3.8, 4) is 11.1 Å². The number of hydrogen-bond donors (Lipinski definition) is 1. The highest BCUT2D eigenvalue weighted by atomic mass is 19.1. The number of aromatic nitrogens is 1. The van der Waals surface area contributed by atoms with Crippen molar-refractivity contribution in [2.75, 3.05) is 29.5 Å².